The Labute approximate surface area is 667 Å². The fraction of sp³-hybridized carbons (Fsp3) is 0.0385. The van der Waals surface area contributed by atoms with Crippen molar-refractivity contribution in [2.24, 2.45) is 0 Å². The summed E-state index contributed by atoms with van der Waals surface area (Å²) >= 11 is 0. The average Bonchev–Trinajstić information content (AvgIpc) is 1.00. The van der Waals surface area contributed by atoms with E-state index in [-0.39, 0.29) is 55.0 Å². The van der Waals surface area contributed by atoms with Gasteiger partial charge in [0, 0.05) is 86.1 Å². The number of aromatic nitrogens is 2. The Bertz CT molecular complexity index is 8320. The Morgan fingerprint density at radius 3 is 1.50 bits per heavy atom. The Morgan fingerprint density at radius 2 is 0.884 bits per heavy atom. The SMILES string of the molecule is [2H]c1c([2H])c([2H])c2c(c1[2H])c1c([2H])c(C#N)c([2H])c([2H])c1n2-c1ccc2c(c1)N(c1c(-c3ccccc3)cc(C(C)(C)C)cc1-c1ccccc1)c1cc(-c3ccc4oc5ccccc5c4c3)cc3c1B2c1ccc(-n2c4c([2H])c([2H])c([2H])c([2H])c4c4c([2H])c([N+]#[C-])c([2H])c([2H])c42)cc1N3c1c(-c2ccccc2)cccc1-c1ccc2ccc3ccccc3c2c1. The molecule has 5 heterocycles. The average molecular weight is 1440 g/mol. The van der Waals surface area contributed by atoms with Crippen LogP contribution >= 0.6 is 0 Å². The van der Waals surface area contributed by atoms with Crippen LogP contribution in [0.25, 0.3) is 159 Å². The second-order valence-corrected chi connectivity index (χ2v) is 29.8. The van der Waals surface area contributed by atoms with Crippen molar-refractivity contribution < 1.29 is 23.6 Å². The van der Waals surface area contributed by atoms with Crippen molar-refractivity contribution in [3.63, 3.8) is 0 Å². The molecule has 2 aliphatic rings. The van der Waals surface area contributed by atoms with Crippen molar-refractivity contribution >= 4 is 150 Å². The Morgan fingerprint density at radius 1 is 0.384 bits per heavy atom. The number of anilines is 6. The molecule has 0 aliphatic carbocycles. The van der Waals surface area contributed by atoms with Crippen LogP contribution in [-0.2, 0) is 5.41 Å². The van der Waals surface area contributed by atoms with E-state index in [1.807, 2.05) is 140 Å². The number of hydrogen-bond donors (Lipinski definition) is 0. The minimum Gasteiger partial charge on any atom is -0.456 e. The van der Waals surface area contributed by atoms with Gasteiger partial charge in [0.15, 0.2) is 5.69 Å². The van der Waals surface area contributed by atoms with Crippen LogP contribution in [0.2, 0.25) is 0 Å². The highest BCUT2D eigenvalue weighted by molar-refractivity contribution is 7.00. The third kappa shape index (κ3) is 9.92. The fourth-order valence-corrected chi connectivity index (χ4v) is 17.5. The molecule has 0 bridgehead atoms. The predicted molar refractivity (Wildman–Crippen MR) is 468 cm³/mol. The lowest BCUT2D eigenvalue weighted by Gasteiger charge is -2.46. The second-order valence-electron chi connectivity index (χ2n) is 29.8. The quantitative estimate of drug-likeness (QED) is 0.0821. The minimum atomic E-state index is -0.846. The first kappa shape index (κ1) is 51.6. The van der Waals surface area contributed by atoms with Crippen LogP contribution in [-0.4, -0.2) is 15.8 Å². The summed E-state index contributed by atoms with van der Waals surface area (Å²) in [7, 11) is 0. The smallest absolute Gasteiger partial charge is 0.252 e. The maximum absolute atomic E-state index is 10.7. The lowest BCUT2D eigenvalue weighted by Crippen LogP contribution is -2.61. The third-order valence-corrected chi connectivity index (χ3v) is 22.6. The van der Waals surface area contributed by atoms with E-state index in [1.165, 1.54) is 0 Å². The number of nitrogens with zero attached hydrogens (tertiary/aromatic N) is 6. The Hall–Kier alpha value is -14.7. The summed E-state index contributed by atoms with van der Waals surface area (Å²) in [6, 6.07) is 85.5. The second kappa shape index (κ2) is 24.9. The van der Waals surface area contributed by atoms with Gasteiger partial charge in [0.05, 0.1) is 68.1 Å². The molecule has 0 saturated carbocycles. The molecule has 3 aromatic heterocycles. The maximum atomic E-state index is 10.7. The van der Waals surface area contributed by atoms with E-state index in [9.17, 15) is 24.5 Å². The van der Waals surface area contributed by atoms with Crippen LogP contribution in [0.5, 0.6) is 0 Å². The summed E-state index contributed by atoms with van der Waals surface area (Å²) in [5, 5.41) is 16.2. The first-order valence-corrected chi connectivity index (χ1v) is 37.2. The van der Waals surface area contributed by atoms with Gasteiger partial charge in [-0.2, -0.15) is 5.26 Å². The highest BCUT2D eigenvalue weighted by Gasteiger charge is 2.46. The van der Waals surface area contributed by atoms with Gasteiger partial charge >= 0.3 is 0 Å². The van der Waals surface area contributed by atoms with E-state index in [1.54, 1.807) is 9.13 Å². The van der Waals surface area contributed by atoms with Crippen molar-refractivity contribution in [1.29, 1.82) is 5.26 Å². The maximum Gasteiger partial charge on any atom is 0.252 e. The summed E-state index contributed by atoms with van der Waals surface area (Å²) in [5.74, 6) is 0. The van der Waals surface area contributed by atoms with Crippen molar-refractivity contribution in [1.82, 2.24) is 9.13 Å². The standard InChI is InChI=1S/C104H67BN6O/c1-104(2,3)73-58-84(66-25-10-6-11-26-66)103(85(59-73)67-27-12-7-13-28-67)111-96-62-75(108-91-36-19-16-31-80(91)86-53-64(63-106)39-50-93(86)108)46-49-90(96)105-89-48-47-76(109-92-37-20-17-32-81(92)87-60-74(107-4)45-51-94(87)109)61-95(89)110(97-56-72(57-98(111)101(97)105)70-44-52-100-88(54-70)82-33-18-21-38-99(82)112-100)102-78(65-23-8-5-9-24-65)34-22-35-79(102)71-43-42-69-41-40-68-29-14-15-30-77(68)83(69)55-71/h5-62H,1-3H3/i16D,17D,19D,20D,31D,32D,36D,37D,39D,45D,50D,51D,53D,60D. The lowest BCUT2D eigenvalue weighted by molar-refractivity contribution is 0.591. The Kier molecular flexibility index (Phi) is 11.5. The van der Waals surface area contributed by atoms with Crippen LogP contribution < -0.4 is 26.2 Å². The molecule has 0 atom stereocenters. The van der Waals surface area contributed by atoms with Crippen molar-refractivity contribution in [3.05, 3.63) is 374 Å². The van der Waals surface area contributed by atoms with Crippen molar-refractivity contribution in [3.8, 4) is 73.1 Å². The number of furan rings is 1. The van der Waals surface area contributed by atoms with E-state index >= 15 is 0 Å². The first-order chi connectivity index (χ1) is 60.9. The molecular weight excluding hydrogens is 1360 g/mol. The van der Waals surface area contributed by atoms with Gasteiger partial charge in [0.2, 0.25) is 0 Å². The van der Waals surface area contributed by atoms with Gasteiger partial charge < -0.3 is 23.4 Å². The fourth-order valence-electron chi connectivity index (χ4n) is 17.5. The van der Waals surface area contributed by atoms with Gasteiger partial charge in [0.25, 0.3) is 6.71 Å². The summed E-state index contributed by atoms with van der Waals surface area (Å²) in [6.07, 6.45) is 0. The summed E-state index contributed by atoms with van der Waals surface area (Å²) in [4.78, 5) is 8.24. The zero-order valence-electron chi connectivity index (χ0n) is 74.6. The molecule has 0 fully saturated rings. The Balaban J connectivity index is 0.965. The molecule has 2 aliphatic heterocycles. The number of benzene rings is 17. The van der Waals surface area contributed by atoms with Gasteiger partial charge in [-0.3, -0.25) is 0 Å². The molecule has 0 spiro atoms. The number of rotatable bonds is 9. The summed E-state index contributed by atoms with van der Waals surface area (Å²) in [5.41, 5.74) is 15.5. The molecule has 0 saturated heterocycles. The highest BCUT2D eigenvalue weighted by atomic mass is 16.3. The number of fused-ring (bicyclic) bond motifs is 16. The molecule has 0 amide bonds. The molecule has 20 aromatic rings. The first-order valence-electron chi connectivity index (χ1n) is 44.2. The van der Waals surface area contributed by atoms with Crippen LogP contribution in [0.4, 0.5) is 39.8 Å². The normalized spacial score (nSPS) is 14.3. The van der Waals surface area contributed by atoms with Crippen LogP contribution in [0, 0.1) is 17.9 Å². The van der Waals surface area contributed by atoms with Gasteiger partial charge in [-0.15, -0.1) is 0 Å². The third-order valence-electron chi connectivity index (χ3n) is 22.6. The van der Waals surface area contributed by atoms with E-state index in [4.69, 9.17) is 11.0 Å². The van der Waals surface area contributed by atoms with E-state index in [0.717, 1.165) is 105 Å². The molecular formula is C104H67BN6O. The minimum absolute atomic E-state index is 0.0838. The summed E-state index contributed by atoms with van der Waals surface area (Å²) in [6.45, 7) is 14.1. The van der Waals surface area contributed by atoms with Crippen LogP contribution in [0.1, 0.15) is 51.1 Å². The van der Waals surface area contributed by atoms with Crippen LogP contribution in [0.3, 0.4) is 0 Å². The number of nitriles is 1. The molecule has 0 unspecified atom stereocenters. The number of hydrogen-bond acceptors (Lipinski definition) is 4. The molecule has 112 heavy (non-hydrogen) atoms. The molecule has 0 radical (unpaired) electrons. The largest absolute Gasteiger partial charge is 0.456 e. The van der Waals surface area contributed by atoms with E-state index < -0.39 is 108 Å². The van der Waals surface area contributed by atoms with Crippen molar-refractivity contribution in [2.75, 3.05) is 9.80 Å². The zero-order valence-corrected chi connectivity index (χ0v) is 60.6. The highest BCUT2D eigenvalue weighted by Crippen LogP contribution is 2.56. The van der Waals surface area contributed by atoms with Crippen molar-refractivity contribution in [2.45, 2.75) is 26.2 Å². The van der Waals surface area contributed by atoms with Crippen LogP contribution in [0.15, 0.2) is 356 Å². The topological polar surface area (TPSA) is 57.6 Å². The number of para-hydroxylation sites is 4. The van der Waals surface area contributed by atoms with E-state index in [2.05, 4.69) is 169 Å². The molecule has 8 heteroatoms. The molecule has 22 rings (SSSR count). The monoisotopic (exact) mass is 1440 g/mol. The lowest BCUT2D eigenvalue weighted by atomic mass is 9.33. The molecule has 7 nitrogen and oxygen atoms in total. The summed E-state index contributed by atoms with van der Waals surface area (Å²) < 4.78 is 145. The molecule has 522 valence electrons. The van der Waals surface area contributed by atoms with Gasteiger partial charge in [-0.25, -0.2) is 4.85 Å². The van der Waals surface area contributed by atoms with E-state index in [0.29, 0.717) is 50.5 Å². The van der Waals surface area contributed by atoms with Gasteiger partial charge in [-0.05, 0) is 203 Å². The molecule has 17 aromatic carbocycles. The predicted octanol–water partition coefficient (Wildman–Crippen LogP) is 26.2. The molecule has 0 N–H and O–H groups in total. The zero-order chi connectivity index (χ0) is 86.8. The van der Waals surface area contributed by atoms with Gasteiger partial charge in [0.1, 0.15) is 11.2 Å². The van der Waals surface area contributed by atoms with Gasteiger partial charge in [-0.1, -0.05) is 257 Å².